The monoisotopic (exact) mass is 381 g/mol. The molecule has 2 heterocycles. The number of carbonyl (C=O) groups is 1. The molecule has 0 unspecified atom stereocenters. The number of aromatic nitrogens is 2. The smallest absolute Gasteiger partial charge is 0.258 e. The number of fused-ring (bicyclic) bond motifs is 1. The fraction of sp³-hybridized carbons (Fsp3) is 0.0476. The van der Waals surface area contributed by atoms with Gasteiger partial charge in [0.2, 0.25) is 0 Å². The number of nitrogens with one attached hydrogen (secondary N) is 1. The van der Waals surface area contributed by atoms with Crippen LogP contribution in [-0.2, 0) is 0 Å². The predicted molar refractivity (Wildman–Crippen MR) is 99.6 cm³/mol. The number of nitrogens with zero attached hydrogens (tertiary/aromatic N) is 2. The molecule has 28 heavy (non-hydrogen) atoms. The molecule has 0 fully saturated rings. The van der Waals surface area contributed by atoms with Gasteiger partial charge in [0.05, 0.1) is 11.3 Å². The minimum atomic E-state index is -1.68. The second-order valence-electron chi connectivity index (χ2n) is 6.30. The largest absolute Gasteiger partial charge is 0.322 e. The maximum atomic E-state index is 13.7. The molecule has 140 valence electrons. The third-order valence-corrected chi connectivity index (χ3v) is 4.40. The lowest BCUT2D eigenvalue weighted by Gasteiger charge is -2.07. The van der Waals surface area contributed by atoms with Crippen LogP contribution in [-0.4, -0.2) is 15.3 Å². The average molecular weight is 381 g/mol. The summed E-state index contributed by atoms with van der Waals surface area (Å²) in [5, 5.41) is 2.47. The van der Waals surface area contributed by atoms with Crippen LogP contribution in [0.2, 0.25) is 0 Å². The van der Waals surface area contributed by atoms with Crippen LogP contribution in [0, 0.1) is 24.4 Å². The Balaban J connectivity index is 1.57. The first kappa shape index (κ1) is 17.8. The van der Waals surface area contributed by atoms with Gasteiger partial charge in [-0.05, 0) is 42.8 Å². The number of carbonyl (C=O) groups excluding carboxylic acids is 1. The number of rotatable bonds is 3. The van der Waals surface area contributed by atoms with Gasteiger partial charge in [0, 0.05) is 23.6 Å². The number of anilines is 1. The van der Waals surface area contributed by atoms with Crippen LogP contribution in [0.3, 0.4) is 0 Å². The van der Waals surface area contributed by atoms with Crippen LogP contribution in [0.4, 0.5) is 18.9 Å². The molecule has 0 aliphatic heterocycles. The van der Waals surface area contributed by atoms with E-state index in [4.69, 9.17) is 0 Å². The lowest BCUT2D eigenvalue weighted by atomic mass is 10.1. The molecule has 2 aromatic carbocycles. The molecule has 7 heteroatoms. The SMILES string of the molecule is Cc1cccn2cc(-c3ccc(NC(=O)c4ccc(F)c(F)c4F)cc3)nc12. The molecule has 0 aliphatic carbocycles. The summed E-state index contributed by atoms with van der Waals surface area (Å²) >= 11 is 0. The first-order valence-electron chi connectivity index (χ1n) is 8.43. The Morgan fingerprint density at radius 1 is 1.00 bits per heavy atom. The summed E-state index contributed by atoms with van der Waals surface area (Å²) in [4.78, 5) is 16.8. The Labute approximate surface area is 158 Å². The average Bonchev–Trinajstić information content (AvgIpc) is 3.12. The van der Waals surface area contributed by atoms with Gasteiger partial charge in [-0.15, -0.1) is 0 Å². The second-order valence-corrected chi connectivity index (χ2v) is 6.30. The van der Waals surface area contributed by atoms with Crippen LogP contribution in [0.5, 0.6) is 0 Å². The molecule has 1 N–H and O–H groups in total. The lowest BCUT2D eigenvalue weighted by molar-refractivity contribution is 0.102. The Hall–Kier alpha value is -3.61. The van der Waals surface area contributed by atoms with Crippen molar-refractivity contribution < 1.29 is 18.0 Å². The zero-order valence-corrected chi connectivity index (χ0v) is 14.7. The molecule has 2 aromatic heterocycles. The topological polar surface area (TPSA) is 46.4 Å². The van der Waals surface area contributed by atoms with Gasteiger partial charge < -0.3 is 9.72 Å². The molecular formula is C21H14F3N3O. The lowest BCUT2D eigenvalue weighted by Crippen LogP contribution is -2.15. The highest BCUT2D eigenvalue weighted by Crippen LogP contribution is 2.23. The summed E-state index contributed by atoms with van der Waals surface area (Å²) < 4.78 is 42.0. The van der Waals surface area contributed by atoms with Gasteiger partial charge in [-0.25, -0.2) is 18.2 Å². The van der Waals surface area contributed by atoms with Crippen molar-refractivity contribution in [1.29, 1.82) is 0 Å². The zero-order valence-electron chi connectivity index (χ0n) is 14.7. The molecule has 0 saturated heterocycles. The van der Waals surface area contributed by atoms with Crippen molar-refractivity contribution in [2.75, 3.05) is 5.32 Å². The van der Waals surface area contributed by atoms with Crippen molar-refractivity contribution in [2.45, 2.75) is 6.92 Å². The van der Waals surface area contributed by atoms with E-state index in [0.717, 1.165) is 28.5 Å². The maximum Gasteiger partial charge on any atom is 0.258 e. The van der Waals surface area contributed by atoms with E-state index in [9.17, 15) is 18.0 Å². The quantitative estimate of drug-likeness (QED) is 0.509. The van der Waals surface area contributed by atoms with Gasteiger partial charge in [-0.1, -0.05) is 18.2 Å². The molecule has 1 amide bonds. The number of aryl methyl sites for hydroxylation is 1. The molecule has 0 radical (unpaired) electrons. The van der Waals surface area contributed by atoms with Crippen molar-refractivity contribution in [1.82, 2.24) is 9.38 Å². The summed E-state index contributed by atoms with van der Waals surface area (Å²) in [6.07, 6.45) is 3.80. The molecule has 0 spiro atoms. The van der Waals surface area contributed by atoms with Crippen LogP contribution < -0.4 is 5.32 Å². The maximum absolute atomic E-state index is 13.7. The number of imidazole rings is 1. The minimum absolute atomic E-state index is 0.387. The highest BCUT2D eigenvalue weighted by molar-refractivity contribution is 6.04. The first-order chi connectivity index (χ1) is 13.4. The molecule has 4 rings (SSSR count). The third-order valence-electron chi connectivity index (χ3n) is 4.40. The summed E-state index contributed by atoms with van der Waals surface area (Å²) in [5.74, 6) is -5.41. The predicted octanol–water partition coefficient (Wildman–Crippen LogP) is 4.98. The van der Waals surface area contributed by atoms with Crippen molar-refractivity contribution in [3.8, 4) is 11.3 Å². The fourth-order valence-corrected chi connectivity index (χ4v) is 2.92. The van der Waals surface area contributed by atoms with Gasteiger partial charge in [0.25, 0.3) is 5.91 Å². The number of pyridine rings is 1. The van der Waals surface area contributed by atoms with Crippen LogP contribution in [0.25, 0.3) is 16.9 Å². The third kappa shape index (κ3) is 3.11. The summed E-state index contributed by atoms with van der Waals surface area (Å²) in [6.45, 7) is 1.97. The van der Waals surface area contributed by atoms with E-state index in [0.29, 0.717) is 11.8 Å². The van der Waals surface area contributed by atoms with Gasteiger partial charge >= 0.3 is 0 Å². The fourth-order valence-electron chi connectivity index (χ4n) is 2.92. The number of amides is 1. The molecule has 0 atom stereocenters. The van der Waals surface area contributed by atoms with Crippen LogP contribution in [0.1, 0.15) is 15.9 Å². The van der Waals surface area contributed by atoms with Crippen molar-refractivity contribution in [2.24, 2.45) is 0 Å². The highest BCUT2D eigenvalue weighted by atomic mass is 19.2. The van der Waals surface area contributed by atoms with Crippen molar-refractivity contribution in [3.63, 3.8) is 0 Å². The van der Waals surface area contributed by atoms with E-state index in [1.54, 1.807) is 24.3 Å². The summed E-state index contributed by atoms with van der Waals surface area (Å²) in [5.41, 5.74) is 3.31. The number of hydrogen-bond acceptors (Lipinski definition) is 2. The Morgan fingerprint density at radius 2 is 1.75 bits per heavy atom. The zero-order chi connectivity index (χ0) is 19.8. The van der Waals surface area contributed by atoms with E-state index in [2.05, 4.69) is 10.3 Å². The Bertz CT molecular complexity index is 1200. The van der Waals surface area contributed by atoms with E-state index in [-0.39, 0.29) is 0 Å². The molecule has 0 aliphatic rings. The Kier molecular flexibility index (Phi) is 4.35. The number of benzene rings is 2. The normalized spacial score (nSPS) is 11.0. The van der Waals surface area contributed by atoms with E-state index >= 15 is 0 Å². The molecular weight excluding hydrogens is 367 g/mol. The highest BCUT2D eigenvalue weighted by Gasteiger charge is 2.19. The van der Waals surface area contributed by atoms with E-state index < -0.39 is 28.9 Å². The minimum Gasteiger partial charge on any atom is -0.322 e. The van der Waals surface area contributed by atoms with E-state index in [1.165, 1.54) is 0 Å². The van der Waals surface area contributed by atoms with Crippen molar-refractivity contribution in [3.05, 3.63) is 89.5 Å². The number of hydrogen-bond donors (Lipinski definition) is 1. The Morgan fingerprint density at radius 3 is 2.46 bits per heavy atom. The van der Waals surface area contributed by atoms with Crippen LogP contribution in [0.15, 0.2) is 60.9 Å². The first-order valence-corrected chi connectivity index (χ1v) is 8.43. The van der Waals surface area contributed by atoms with Crippen LogP contribution >= 0.6 is 0 Å². The molecule has 0 saturated carbocycles. The molecule has 4 aromatic rings. The summed E-state index contributed by atoms with van der Waals surface area (Å²) in [7, 11) is 0. The molecule has 0 bridgehead atoms. The van der Waals surface area contributed by atoms with Gasteiger partial charge in [0.15, 0.2) is 17.5 Å². The van der Waals surface area contributed by atoms with Crippen molar-refractivity contribution >= 4 is 17.2 Å². The van der Waals surface area contributed by atoms with E-state index in [1.807, 2.05) is 35.9 Å². The summed E-state index contributed by atoms with van der Waals surface area (Å²) in [6, 6.07) is 12.3. The standard InChI is InChI=1S/C21H14F3N3O/c1-12-3-2-10-27-11-17(26-20(12)27)13-4-6-14(7-5-13)25-21(28)15-8-9-16(22)19(24)18(15)23/h2-11H,1H3,(H,25,28). The number of halogens is 3. The van der Waals surface area contributed by atoms with Gasteiger partial charge in [0.1, 0.15) is 5.65 Å². The van der Waals surface area contributed by atoms with Gasteiger partial charge in [-0.3, -0.25) is 4.79 Å². The molecule has 4 nitrogen and oxygen atoms in total. The second kappa shape index (κ2) is 6.84. The van der Waals surface area contributed by atoms with Gasteiger partial charge in [-0.2, -0.15) is 0 Å².